The van der Waals surface area contributed by atoms with Crippen LogP contribution in [0.25, 0.3) is 66.1 Å². The summed E-state index contributed by atoms with van der Waals surface area (Å²) in [5.74, 6) is 0. The molecule has 0 aliphatic heterocycles. The van der Waals surface area contributed by atoms with E-state index in [2.05, 4.69) is 156 Å². The highest BCUT2D eigenvalue weighted by molar-refractivity contribution is 6.16. The van der Waals surface area contributed by atoms with Crippen LogP contribution in [0.15, 0.2) is 133 Å². The van der Waals surface area contributed by atoms with Crippen molar-refractivity contribution in [3.05, 3.63) is 145 Å². The summed E-state index contributed by atoms with van der Waals surface area (Å²) in [7, 11) is 0. The fraction of sp³-hybridized carbons (Fsp3) is 0.0769. The largest absolute Gasteiger partial charge is 0.309 e. The summed E-state index contributed by atoms with van der Waals surface area (Å²) in [6, 6.07) is 49.0. The molecular formula is C39H28N2. The first-order chi connectivity index (χ1) is 20.1. The third kappa shape index (κ3) is 2.92. The Kier molecular flexibility index (Phi) is 4.42. The minimum atomic E-state index is -0.0494. The zero-order chi connectivity index (χ0) is 27.3. The predicted octanol–water partition coefficient (Wildman–Crippen LogP) is 10.2. The Morgan fingerprint density at radius 3 is 1.66 bits per heavy atom. The van der Waals surface area contributed by atoms with Crippen LogP contribution in [0, 0.1) is 0 Å². The van der Waals surface area contributed by atoms with E-state index >= 15 is 0 Å². The second kappa shape index (κ2) is 7.99. The summed E-state index contributed by atoms with van der Waals surface area (Å²) in [5.41, 5.74) is 12.8. The van der Waals surface area contributed by atoms with E-state index in [-0.39, 0.29) is 5.41 Å². The molecule has 194 valence electrons. The molecule has 0 spiro atoms. The van der Waals surface area contributed by atoms with E-state index in [9.17, 15) is 0 Å². The molecule has 2 aromatic heterocycles. The highest BCUT2D eigenvalue weighted by atomic mass is 15.0. The van der Waals surface area contributed by atoms with Crippen molar-refractivity contribution in [1.29, 1.82) is 0 Å². The first-order valence-electron chi connectivity index (χ1n) is 14.4. The zero-order valence-electron chi connectivity index (χ0n) is 23.1. The van der Waals surface area contributed by atoms with E-state index in [0.29, 0.717) is 0 Å². The van der Waals surface area contributed by atoms with Crippen LogP contribution in [0.1, 0.15) is 25.0 Å². The van der Waals surface area contributed by atoms with Gasteiger partial charge in [0.2, 0.25) is 0 Å². The van der Waals surface area contributed by atoms with Crippen LogP contribution >= 0.6 is 0 Å². The van der Waals surface area contributed by atoms with Gasteiger partial charge in [-0.2, -0.15) is 0 Å². The molecule has 0 unspecified atom stereocenters. The first kappa shape index (κ1) is 22.7. The smallest absolute Gasteiger partial charge is 0.0622 e. The van der Waals surface area contributed by atoms with Gasteiger partial charge >= 0.3 is 0 Å². The van der Waals surface area contributed by atoms with Crippen molar-refractivity contribution in [3.63, 3.8) is 0 Å². The molecule has 9 rings (SSSR count). The maximum absolute atomic E-state index is 2.50. The molecular weight excluding hydrogens is 496 g/mol. The molecule has 0 fully saturated rings. The molecule has 1 aliphatic rings. The van der Waals surface area contributed by atoms with Gasteiger partial charge in [0.05, 0.1) is 22.1 Å². The van der Waals surface area contributed by atoms with E-state index in [1.54, 1.807) is 0 Å². The van der Waals surface area contributed by atoms with E-state index in [1.165, 1.54) is 77.2 Å². The average Bonchev–Trinajstić information content (AvgIpc) is 3.61. The monoisotopic (exact) mass is 524 g/mol. The van der Waals surface area contributed by atoms with Crippen LogP contribution in [0.5, 0.6) is 0 Å². The van der Waals surface area contributed by atoms with Gasteiger partial charge in [-0.1, -0.05) is 111 Å². The van der Waals surface area contributed by atoms with E-state index < -0.39 is 0 Å². The minimum Gasteiger partial charge on any atom is -0.309 e. The van der Waals surface area contributed by atoms with Gasteiger partial charge in [-0.15, -0.1) is 0 Å². The number of nitrogens with zero attached hydrogens (tertiary/aromatic N) is 2. The molecule has 0 N–H and O–H groups in total. The second-order valence-electron chi connectivity index (χ2n) is 11.8. The van der Waals surface area contributed by atoms with Crippen molar-refractivity contribution >= 4 is 43.6 Å². The molecule has 8 aromatic rings. The first-order valence-corrected chi connectivity index (χ1v) is 14.4. The lowest BCUT2D eigenvalue weighted by atomic mass is 9.82. The molecule has 0 bridgehead atoms. The highest BCUT2D eigenvalue weighted by Gasteiger charge is 2.37. The minimum absolute atomic E-state index is 0.0494. The Hall–Kier alpha value is -5.08. The van der Waals surface area contributed by atoms with Crippen molar-refractivity contribution in [2.45, 2.75) is 19.3 Å². The SMILES string of the molecule is CC1(C)c2ccccc2-c2c1ccc1c3ccccc3n(-c3cccc(-n4c5ccccc5c5ccccc54)c3)c21. The molecule has 0 amide bonds. The van der Waals surface area contributed by atoms with Gasteiger partial charge in [0.1, 0.15) is 0 Å². The Labute approximate surface area is 238 Å². The van der Waals surface area contributed by atoms with Gasteiger partial charge < -0.3 is 9.13 Å². The van der Waals surface area contributed by atoms with Gasteiger partial charge in [0, 0.05) is 43.9 Å². The molecule has 6 aromatic carbocycles. The molecule has 2 heteroatoms. The van der Waals surface area contributed by atoms with Gasteiger partial charge in [-0.3, -0.25) is 0 Å². The summed E-state index contributed by atoms with van der Waals surface area (Å²) >= 11 is 0. The number of aromatic nitrogens is 2. The van der Waals surface area contributed by atoms with Crippen molar-refractivity contribution in [1.82, 2.24) is 9.13 Å². The topological polar surface area (TPSA) is 9.86 Å². The summed E-state index contributed by atoms with van der Waals surface area (Å²) < 4.78 is 4.91. The van der Waals surface area contributed by atoms with Crippen molar-refractivity contribution in [2.24, 2.45) is 0 Å². The van der Waals surface area contributed by atoms with Crippen molar-refractivity contribution in [2.75, 3.05) is 0 Å². The van der Waals surface area contributed by atoms with E-state index in [1.807, 2.05) is 0 Å². The standard InChI is InChI=1S/C39H28N2/c1-39(2)32-18-7-3-17-31(32)37-33(39)23-22-30-29-16-6-10-21-36(29)41(38(30)37)26-13-11-12-25(24-26)40-34-19-8-4-14-27(34)28-15-5-9-20-35(28)40/h3-24H,1-2H3. The van der Waals surface area contributed by atoms with Gasteiger partial charge in [0.25, 0.3) is 0 Å². The predicted molar refractivity (Wildman–Crippen MR) is 173 cm³/mol. The Balaban J connectivity index is 1.40. The molecule has 0 saturated heterocycles. The van der Waals surface area contributed by atoms with Crippen LogP contribution in [0.4, 0.5) is 0 Å². The quantitative estimate of drug-likeness (QED) is 0.213. The number of rotatable bonds is 2. The molecule has 0 radical (unpaired) electrons. The fourth-order valence-electron chi connectivity index (χ4n) is 7.48. The Morgan fingerprint density at radius 1 is 0.439 bits per heavy atom. The Bertz CT molecular complexity index is 2290. The third-order valence-corrected chi connectivity index (χ3v) is 9.31. The molecule has 2 heterocycles. The van der Waals surface area contributed by atoms with Gasteiger partial charge in [-0.05, 0) is 53.1 Å². The number of hydrogen-bond acceptors (Lipinski definition) is 0. The lowest BCUT2D eigenvalue weighted by Crippen LogP contribution is -2.14. The Morgan fingerprint density at radius 2 is 0.976 bits per heavy atom. The van der Waals surface area contributed by atoms with E-state index in [4.69, 9.17) is 0 Å². The summed E-state index contributed by atoms with van der Waals surface area (Å²) in [5, 5.41) is 5.15. The molecule has 0 atom stereocenters. The molecule has 1 aliphatic carbocycles. The third-order valence-electron chi connectivity index (χ3n) is 9.31. The van der Waals surface area contributed by atoms with Crippen LogP contribution in [0.2, 0.25) is 0 Å². The van der Waals surface area contributed by atoms with Gasteiger partial charge in [0.15, 0.2) is 0 Å². The molecule has 2 nitrogen and oxygen atoms in total. The maximum atomic E-state index is 2.50. The van der Waals surface area contributed by atoms with Crippen LogP contribution in [-0.2, 0) is 5.41 Å². The van der Waals surface area contributed by atoms with Crippen LogP contribution in [0.3, 0.4) is 0 Å². The lowest BCUT2D eigenvalue weighted by Gasteiger charge is -2.21. The van der Waals surface area contributed by atoms with Crippen molar-refractivity contribution < 1.29 is 0 Å². The number of fused-ring (bicyclic) bond motifs is 10. The van der Waals surface area contributed by atoms with Crippen molar-refractivity contribution in [3.8, 4) is 22.5 Å². The summed E-state index contributed by atoms with van der Waals surface area (Å²) in [4.78, 5) is 0. The lowest BCUT2D eigenvalue weighted by molar-refractivity contribution is 0.661. The highest BCUT2D eigenvalue weighted by Crippen LogP contribution is 2.52. The zero-order valence-corrected chi connectivity index (χ0v) is 23.1. The fourth-order valence-corrected chi connectivity index (χ4v) is 7.48. The maximum Gasteiger partial charge on any atom is 0.0622 e. The summed E-state index contributed by atoms with van der Waals surface area (Å²) in [6.07, 6.45) is 0. The molecule has 41 heavy (non-hydrogen) atoms. The van der Waals surface area contributed by atoms with Crippen LogP contribution < -0.4 is 0 Å². The van der Waals surface area contributed by atoms with E-state index in [0.717, 1.165) is 0 Å². The number of hydrogen-bond donors (Lipinski definition) is 0. The number of para-hydroxylation sites is 3. The van der Waals surface area contributed by atoms with Crippen LogP contribution in [-0.4, -0.2) is 9.13 Å². The van der Waals surface area contributed by atoms with Gasteiger partial charge in [-0.25, -0.2) is 0 Å². The second-order valence-corrected chi connectivity index (χ2v) is 11.8. The number of benzene rings is 6. The molecule has 0 saturated carbocycles. The average molecular weight is 525 g/mol. The normalized spacial score (nSPS) is 13.8. The summed E-state index contributed by atoms with van der Waals surface area (Å²) in [6.45, 7) is 4.72.